The van der Waals surface area contributed by atoms with Crippen molar-refractivity contribution in [3.8, 4) is 0 Å². The van der Waals surface area contributed by atoms with E-state index in [9.17, 15) is 13.2 Å². The molecule has 6 heteroatoms. The second-order valence-electron chi connectivity index (χ2n) is 4.24. The SMILES string of the molecule is C=C(C)C(=O)OCS(=O)(=O)OC1CCCCC1. The smallest absolute Gasteiger partial charge is 0.334 e. The predicted octanol–water partition coefficient (Wildman–Crippen LogP) is 1.74. The van der Waals surface area contributed by atoms with Crippen molar-refractivity contribution in [2.24, 2.45) is 0 Å². The van der Waals surface area contributed by atoms with E-state index in [-0.39, 0.29) is 11.7 Å². The summed E-state index contributed by atoms with van der Waals surface area (Å²) in [7, 11) is -3.79. The Balaban J connectivity index is 2.40. The van der Waals surface area contributed by atoms with Gasteiger partial charge in [-0.05, 0) is 19.8 Å². The third-order valence-corrected chi connectivity index (χ3v) is 3.49. The van der Waals surface area contributed by atoms with Crippen LogP contribution in [0.1, 0.15) is 39.0 Å². The maximum atomic E-state index is 11.5. The molecule has 0 spiro atoms. The summed E-state index contributed by atoms with van der Waals surface area (Å²) >= 11 is 0. The summed E-state index contributed by atoms with van der Waals surface area (Å²) in [4.78, 5) is 11.0. The van der Waals surface area contributed by atoms with E-state index >= 15 is 0 Å². The molecule has 0 unspecified atom stereocenters. The maximum absolute atomic E-state index is 11.5. The summed E-state index contributed by atoms with van der Waals surface area (Å²) < 4.78 is 32.5. The Morgan fingerprint density at radius 1 is 1.29 bits per heavy atom. The van der Waals surface area contributed by atoms with Crippen molar-refractivity contribution < 1.29 is 22.1 Å². The van der Waals surface area contributed by atoms with Gasteiger partial charge in [0.25, 0.3) is 0 Å². The Kier molecular flexibility index (Phi) is 5.14. The second kappa shape index (κ2) is 6.16. The zero-order valence-corrected chi connectivity index (χ0v) is 10.8. The first kappa shape index (κ1) is 14.2. The molecule has 98 valence electrons. The van der Waals surface area contributed by atoms with Crippen LogP contribution in [0.25, 0.3) is 0 Å². The summed E-state index contributed by atoms with van der Waals surface area (Å²) in [5.41, 5.74) is 0.165. The molecule has 0 heterocycles. The molecule has 1 aliphatic rings. The minimum absolute atomic E-state index is 0.165. The van der Waals surface area contributed by atoms with Crippen molar-refractivity contribution in [2.75, 3.05) is 5.94 Å². The van der Waals surface area contributed by atoms with Gasteiger partial charge in [0.1, 0.15) is 0 Å². The van der Waals surface area contributed by atoms with Crippen molar-refractivity contribution in [1.29, 1.82) is 0 Å². The van der Waals surface area contributed by atoms with Gasteiger partial charge in [-0.15, -0.1) is 0 Å². The van der Waals surface area contributed by atoms with Crippen LogP contribution in [-0.2, 0) is 23.8 Å². The molecule has 0 aromatic heterocycles. The molecular weight excluding hydrogens is 244 g/mol. The van der Waals surface area contributed by atoms with Gasteiger partial charge in [-0.1, -0.05) is 25.8 Å². The highest BCUT2D eigenvalue weighted by atomic mass is 32.2. The zero-order valence-electron chi connectivity index (χ0n) is 9.98. The molecule has 0 aromatic carbocycles. The Bertz CT molecular complexity index is 379. The summed E-state index contributed by atoms with van der Waals surface area (Å²) in [6.07, 6.45) is 4.29. The Morgan fingerprint density at radius 2 is 1.88 bits per heavy atom. The molecule has 5 nitrogen and oxygen atoms in total. The van der Waals surface area contributed by atoms with Gasteiger partial charge in [0.2, 0.25) is 5.94 Å². The normalized spacial score (nSPS) is 17.7. The number of ether oxygens (including phenoxy) is 1. The lowest BCUT2D eigenvalue weighted by molar-refractivity contribution is -0.137. The highest BCUT2D eigenvalue weighted by molar-refractivity contribution is 7.86. The summed E-state index contributed by atoms with van der Waals surface area (Å²) in [6, 6.07) is 0. The molecule has 1 rings (SSSR count). The average molecular weight is 262 g/mol. The fourth-order valence-electron chi connectivity index (χ4n) is 1.65. The number of hydrogen-bond acceptors (Lipinski definition) is 5. The molecular formula is C11H18O5S. The van der Waals surface area contributed by atoms with Crippen LogP contribution >= 0.6 is 0 Å². The molecule has 0 bridgehead atoms. The molecule has 0 aliphatic heterocycles. The molecule has 0 atom stereocenters. The fraction of sp³-hybridized carbons (Fsp3) is 0.727. The molecule has 17 heavy (non-hydrogen) atoms. The van der Waals surface area contributed by atoms with Crippen molar-refractivity contribution in [1.82, 2.24) is 0 Å². The minimum atomic E-state index is -3.79. The third-order valence-electron chi connectivity index (χ3n) is 2.52. The van der Waals surface area contributed by atoms with Gasteiger partial charge in [0, 0.05) is 5.57 Å². The van der Waals surface area contributed by atoms with Crippen molar-refractivity contribution in [3.05, 3.63) is 12.2 Å². The van der Waals surface area contributed by atoms with Crippen molar-refractivity contribution in [3.63, 3.8) is 0 Å². The van der Waals surface area contributed by atoms with Crippen LogP contribution in [0.2, 0.25) is 0 Å². The lowest BCUT2D eigenvalue weighted by Crippen LogP contribution is -2.24. The Labute approximate surface area is 102 Å². The first-order valence-corrected chi connectivity index (χ1v) is 7.22. The van der Waals surface area contributed by atoms with E-state index in [1.54, 1.807) is 0 Å². The van der Waals surface area contributed by atoms with Crippen LogP contribution < -0.4 is 0 Å². The van der Waals surface area contributed by atoms with Crippen LogP contribution in [0.3, 0.4) is 0 Å². The lowest BCUT2D eigenvalue weighted by Gasteiger charge is -2.21. The van der Waals surface area contributed by atoms with Gasteiger partial charge >= 0.3 is 16.1 Å². The highest BCUT2D eigenvalue weighted by Gasteiger charge is 2.23. The first-order chi connectivity index (χ1) is 7.91. The van der Waals surface area contributed by atoms with E-state index in [2.05, 4.69) is 11.3 Å². The van der Waals surface area contributed by atoms with Gasteiger partial charge in [0.05, 0.1) is 6.10 Å². The quantitative estimate of drug-likeness (QED) is 0.429. The molecule has 0 aromatic rings. The number of esters is 1. The topological polar surface area (TPSA) is 69.7 Å². The molecule has 0 radical (unpaired) electrons. The van der Waals surface area contributed by atoms with E-state index in [0.717, 1.165) is 32.1 Å². The van der Waals surface area contributed by atoms with Crippen LogP contribution in [-0.4, -0.2) is 26.4 Å². The minimum Gasteiger partial charge on any atom is -0.443 e. The monoisotopic (exact) mass is 262 g/mol. The van der Waals surface area contributed by atoms with Crippen LogP contribution in [0.15, 0.2) is 12.2 Å². The zero-order chi connectivity index (χ0) is 12.9. The van der Waals surface area contributed by atoms with E-state index in [1.807, 2.05) is 0 Å². The van der Waals surface area contributed by atoms with Gasteiger partial charge in [-0.25, -0.2) is 4.79 Å². The van der Waals surface area contributed by atoms with Gasteiger partial charge in [-0.3, -0.25) is 4.18 Å². The number of carbonyl (C=O) groups excluding carboxylic acids is 1. The second-order valence-corrected chi connectivity index (χ2v) is 5.79. The highest BCUT2D eigenvalue weighted by Crippen LogP contribution is 2.22. The number of hydrogen-bond donors (Lipinski definition) is 0. The van der Waals surface area contributed by atoms with Gasteiger partial charge in [-0.2, -0.15) is 8.42 Å². The van der Waals surface area contributed by atoms with Crippen molar-refractivity contribution >= 4 is 16.1 Å². The average Bonchev–Trinajstić information content (AvgIpc) is 2.26. The first-order valence-electron chi connectivity index (χ1n) is 5.64. The molecule has 1 fully saturated rings. The summed E-state index contributed by atoms with van der Waals surface area (Å²) in [5, 5.41) is 0. The van der Waals surface area contributed by atoms with Gasteiger partial charge < -0.3 is 4.74 Å². The van der Waals surface area contributed by atoms with Gasteiger partial charge in [0.15, 0.2) is 0 Å². The number of rotatable bonds is 5. The molecule has 1 saturated carbocycles. The lowest BCUT2D eigenvalue weighted by atomic mass is 9.98. The fourth-order valence-corrected chi connectivity index (χ4v) is 2.56. The predicted molar refractivity (Wildman–Crippen MR) is 62.7 cm³/mol. The largest absolute Gasteiger partial charge is 0.443 e. The van der Waals surface area contributed by atoms with Crippen LogP contribution in [0.4, 0.5) is 0 Å². The summed E-state index contributed by atoms with van der Waals surface area (Å²) in [5.74, 6) is -1.46. The van der Waals surface area contributed by atoms with E-state index in [0.29, 0.717) is 0 Å². The summed E-state index contributed by atoms with van der Waals surface area (Å²) in [6.45, 7) is 4.82. The Hall–Kier alpha value is -0.880. The van der Waals surface area contributed by atoms with E-state index < -0.39 is 22.0 Å². The molecule has 0 N–H and O–H groups in total. The maximum Gasteiger partial charge on any atom is 0.334 e. The van der Waals surface area contributed by atoms with E-state index in [1.165, 1.54) is 6.92 Å². The number of carbonyl (C=O) groups is 1. The van der Waals surface area contributed by atoms with Crippen molar-refractivity contribution in [2.45, 2.75) is 45.1 Å². The van der Waals surface area contributed by atoms with Crippen LogP contribution in [0, 0.1) is 0 Å². The standard InChI is InChI=1S/C11H18O5S/c1-9(2)11(12)15-8-17(13,14)16-10-6-4-3-5-7-10/h10H,1,3-8H2,2H3. The Morgan fingerprint density at radius 3 is 2.41 bits per heavy atom. The van der Waals surface area contributed by atoms with Crippen LogP contribution in [0.5, 0.6) is 0 Å². The van der Waals surface area contributed by atoms with E-state index in [4.69, 9.17) is 4.18 Å². The third kappa shape index (κ3) is 5.32. The molecule has 0 amide bonds. The molecule has 0 saturated heterocycles. The molecule has 1 aliphatic carbocycles.